The first-order valence-electron chi connectivity index (χ1n) is 6.61. The number of nitrogens with two attached hydrogens (primary N) is 1. The van der Waals surface area contributed by atoms with E-state index >= 15 is 0 Å². The number of unbranched alkanes of at least 4 members (excludes halogenated alkanes) is 4. The van der Waals surface area contributed by atoms with Crippen LogP contribution in [0.1, 0.15) is 72.1 Å². The van der Waals surface area contributed by atoms with Gasteiger partial charge in [-0.15, -0.1) is 0 Å². The third-order valence-corrected chi connectivity index (χ3v) is 3.06. The minimum absolute atomic E-state index is 0.247. The van der Waals surface area contributed by atoms with E-state index in [4.69, 9.17) is 5.73 Å². The third kappa shape index (κ3) is 6.65. The van der Waals surface area contributed by atoms with Crippen LogP contribution in [0.25, 0.3) is 0 Å². The summed E-state index contributed by atoms with van der Waals surface area (Å²) >= 11 is 0. The Morgan fingerprint density at radius 3 is 1.69 bits per heavy atom. The molecule has 0 aliphatic carbocycles. The lowest BCUT2D eigenvalue weighted by Gasteiger charge is -2.10. The summed E-state index contributed by atoms with van der Waals surface area (Å²) < 4.78 is 0. The van der Waals surface area contributed by atoms with Gasteiger partial charge in [0.1, 0.15) is 0 Å². The predicted octanol–water partition coefficient (Wildman–Crippen LogP) is 3.95. The Labute approximate surface area is 100 Å². The highest BCUT2D eigenvalue weighted by Gasteiger charge is 2.07. The number of carbonyl (C=O) groups excluding carboxylic acids is 1. The van der Waals surface area contributed by atoms with Gasteiger partial charge in [-0.05, 0) is 32.6 Å². The second-order valence-corrected chi connectivity index (χ2v) is 4.51. The molecule has 2 nitrogen and oxygen atoms in total. The summed E-state index contributed by atoms with van der Waals surface area (Å²) in [5, 5.41) is 0. The fourth-order valence-corrected chi connectivity index (χ4v) is 1.85. The smallest absolute Gasteiger partial charge is 0.244 e. The maximum absolute atomic E-state index is 11.2. The first-order valence-corrected chi connectivity index (χ1v) is 6.61. The summed E-state index contributed by atoms with van der Waals surface area (Å²) in [6, 6.07) is 0. The molecule has 0 rings (SSSR count). The van der Waals surface area contributed by atoms with Gasteiger partial charge >= 0.3 is 0 Å². The van der Waals surface area contributed by atoms with Crippen molar-refractivity contribution in [3.63, 3.8) is 0 Å². The van der Waals surface area contributed by atoms with Crippen LogP contribution in [0.5, 0.6) is 0 Å². The molecular formula is C14H27NO. The quantitative estimate of drug-likeness (QED) is 0.468. The molecule has 2 N–H and O–H groups in total. The summed E-state index contributed by atoms with van der Waals surface area (Å²) in [4.78, 5) is 11.2. The molecule has 0 atom stereocenters. The zero-order chi connectivity index (χ0) is 12.4. The molecule has 0 aliphatic heterocycles. The Kier molecular flexibility index (Phi) is 8.97. The summed E-state index contributed by atoms with van der Waals surface area (Å²) in [6.45, 7) is 6.26. The molecule has 0 aromatic carbocycles. The molecule has 0 radical (unpaired) electrons. The summed E-state index contributed by atoms with van der Waals surface area (Å²) in [5.41, 5.74) is 7.43. The van der Waals surface area contributed by atoms with E-state index in [1.807, 2.05) is 6.92 Å². The predicted molar refractivity (Wildman–Crippen MR) is 70.2 cm³/mol. The molecule has 0 spiro atoms. The molecule has 94 valence electrons. The van der Waals surface area contributed by atoms with E-state index < -0.39 is 0 Å². The van der Waals surface area contributed by atoms with Gasteiger partial charge in [-0.2, -0.15) is 0 Å². The Bertz CT molecular complexity index is 219. The standard InChI is InChI=1S/C14H27NO/c1-4-6-8-10-13(11-9-7-5-2)12(3)14(15)16/h4-11H2,1-3H3,(H2,15,16). The van der Waals surface area contributed by atoms with Gasteiger partial charge in [-0.25, -0.2) is 0 Å². The van der Waals surface area contributed by atoms with Crippen molar-refractivity contribution < 1.29 is 4.79 Å². The topological polar surface area (TPSA) is 43.1 Å². The molecule has 0 aromatic rings. The molecule has 0 saturated carbocycles. The van der Waals surface area contributed by atoms with Gasteiger partial charge in [0.2, 0.25) is 5.91 Å². The fraction of sp³-hybridized carbons (Fsp3) is 0.786. The van der Waals surface area contributed by atoms with E-state index in [2.05, 4.69) is 13.8 Å². The van der Waals surface area contributed by atoms with Gasteiger partial charge in [-0.1, -0.05) is 45.1 Å². The van der Waals surface area contributed by atoms with Crippen molar-refractivity contribution >= 4 is 5.91 Å². The number of allylic oxidation sites excluding steroid dienone is 1. The van der Waals surface area contributed by atoms with Crippen LogP contribution in [0.3, 0.4) is 0 Å². The van der Waals surface area contributed by atoms with Crippen molar-refractivity contribution in [3.8, 4) is 0 Å². The van der Waals surface area contributed by atoms with Crippen molar-refractivity contribution in [2.75, 3.05) is 0 Å². The molecule has 0 heterocycles. The van der Waals surface area contributed by atoms with Gasteiger partial charge in [0.15, 0.2) is 0 Å². The monoisotopic (exact) mass is 225 g/mol. The number of carbonyl (C=O) groups is 1. The molecule has 0 aromatic heterocycles. The van der Waals surface area contributed by atoms with E-state index in [1.165, 1.54) is 44.1 Å². The van der Waals surface area contributed by atoms with Crippen molar-refractivity contribution in [3.05, 3.63) is 11.1 Å². The lowest BCUT2D eigenvalue weighted by Crippen LogP contribution is -2.14. The van der Waals surface area contributed by atoms with Crippen molar-refractivity contribution in [1.29, 1.82) is 0 Å². The van der Waals surface area contributed by atoms with Crippen LogP contribution >= 0.6 is 0 Å². The molecule has 0 unspecified atom stereocenters. The summed E-state index contributed by atoms with van der Waals surface area (Å²) in [5.74, 6) is -0.247. The molecule has 0 aliphatic rings. The van der Waals surface area contributed by atoms with Crippen LogP contribution in [0, 0.1) is 0 Å². The highest BCUT2D eigenvalue weighted by Crippen LogP contribution is 2.20. The minimum atomic E-state index is -0.247. The lowest BCUT2D eigenvalue weighted by molar-refractivity contribution is -0.114. The number of hydrogen-bond acceptors (Lipinski definition) is 1. The average molecular weight is 225 g/mol. The van der Waals surface area contributed by atoms with Crippen LogP contribution in [0.4, 0.5) is 0 Å². The van der Waals surface area contributed by atoms with Gasteiger partial charge in [0.25, 0.3) is 0 Å². The molecule has 2 heteroatoms. The Morgan fingerprint density at radius 1 is 0.938 bits per heavy atom. The first-order chi connectivity index (χ1) is 7.63. The zero-order valence-electron chi connectivity index (χ0n) is 11.1. The average Bonchev–Trinajstić information content (AvgIpc) is 2.26. The van der Waals surface area contributed by atoms with Gasteiger partial charge in [0.05, 0.1) is 0 Å². The number of primary amides is 1. The van der Waals surface area contributed by atoms with E-state index in [0.29, 0.717) is 0 Å². The van der Waals surface area contributed by atoms with Gasteiger partial charge in [0, 0.05) is 5.57 Å². The van der Waals surface area contributed by atoms with E-state index in [-0.39, 0.29) is 5.91 Å². The van der Waals surface area contributed by atoms with Crippen LogP contribution in [-0.2, 0) is 4.79 Å². The first kappa shape index (κ1) is 15.2. The summed E-state index contributed by atoms with van der Waals surface area (Å²) in [6.07, 6.45) is 9.38. The third-order valence-electron chi connectivity index (χ3n) is 3.06. The second kappa shape index (κ2) is 9.44. The normalized spacial score (nSPS) is 10.2. The van der Waals surface area contributed by atoms with Crippen LogP contribution < -0.4 is 5.73 Å². The zero-order valence-corrected chi connectivity index (χ0v) is 11.1. The lowest BCUT2D eigenvalue weighted by atomic mass is 9.96. The maximum atomic E-state index is 11.2. The molecule has 1 amide bonds. The molecule has 0 saturated heterocycles. The van der Waals surface area contributed by atoms with Gasteiger partial charge in [-0.3, -0.25) is 4.79 Å². The van der Waals surface area contributed by atoms with E-state index in [9.17, 15) is 4.79 Å². The Hall–Kier alpha value is -0.790. The fourth-order valence-electron chi connectivity index (χ4n) is 1.85. The van der Waals surface area contributed by atoms with Crippen LogP contribution in [0.15, 0.2) is 11.1 Å². The molecule has 16 heavy (non-hydrogen) atoms. The summed E-state index contributed by atoms with van der Waals surface area (Å²) in [7, 11) is 0. The Morgan fingerprint density at radius 2 is 1.38 bits per heavy atom. The van der Waals surface area contributed by atoms with E-state index in [1.54, 1.807) is 0 Å². The molecule has 0 fully saturated rings. The highest BCUT2D eigenvalue weighted by molar-refractivity contribution is 5.92. The molecule has 0 bridgehead atoms. The van der Waals surface area contributed by atoms with Gasteiger partial charge < -0.3 is 5.73 Å². The van der Waals surface area contributed by atoms with E-state index in [0.717, 1.165) is 18.4 Å². The highest BCUT2D eigenvalue weighted by atomic mass is 16.1. The second-order valence-electron chi connectivity index (χ2n) is 4.51. The minimum Gasteiger partial charge on any atom is -0.366 e. The Balaban J connectivity index is 4.26. The number of amides is 1. The largest absolute Gasteiger partial charge is 0.366 e. The van der Waals surface area contributed by atoms with Crippen molar-refractivity contribution in [2.45, 2.75) is 72.1 Å². The molecular weight excluding hydrogens is 198 g/mol. The SMILES string of the molecule is CCCCCC(CCCCC)=C(C)C(N)=O. The van der Waals surface area contributed by atoms with Crippen LogP contribution in [-0.4, -0.2) is 5.91 Å². The van der Waals surface area contributed by atoms with Crippen molar-refractivity contribution in [2.24, 2.45) is 5.73 Å². The number of hydrogen-bond donors (Lipinski definition) is 1. The number of rotatable bonds is 9. The van der Waals surface area contributed by atoms with Crippen molar-refractivity contribution in [1.82, 2.24) is 0 Å². The maximum Gasteiger partial charge on any atom is 0.244 e. The van der Waals surface area contributed by atoms with Crippen LogP contribution in [0.2, 0.25) is 0 Å².